The Balaban J connectivity index is 0.00000320. The van der Waals surface area contributed by atoms with Crippen LogP contribution < -0.4 is 15.4 Å². The number of ether oxygens (including phenoxy) is 1. The lowest BCUT2D eigenvalue weighted by molar-refractivity contribution is 0.208. The van der Waals surface area contributed by atoms with E-state index >= 15 is 0 Å². The number of aliphatic imine (C=N–C) groups is 1. The van der Waals surface area contributed by atoms with Crippen molar-refractivity contribution < 1.29 is 9.26 Å². The number of benzene rings is 1. The highest BCUT2D eigenvalue weighted by Gasteiger charge is 2.18. The normalized spacial score (nSPS) is 14.5. The molecule has 1 heterocycles. The fraction of sp³-hybridized carbons (Fsp3) is 0.565. The summed E-state index contributed by atoms with van der Waals surface area (Å²) in [4.78, 5) is 4.79. The SMILES string of the molecule is CCNC(=NCc1ccc(C)cc1OC1CCCC1)NCCc1c(C)noc1C.I. The molecule has 1 aliphatic carbocycles. The third-order valence-corrected chi connectivity index (χ3v) is 5.42. The molecule has 7 heteroatoms. The molecule has 6 nitrogen and oxygen atoms in total. The quantitative estimate of drug-likeness (QED) is 0.293. The van der Waals surface area contributed by atoms with E-state index in [0.29, 0.717) is 12.6 Å². The minimum atomic E-state index is 0. The summed E-state index contributed by atoms with van der Waals surface area (Å²) in [7, 11) is 0. The molecule has 30 heavy (non-hydrogen) atoms. The van der Waals surface area contributed by atoms with Crippen LogP contribution in [-0.2, 0) is 13.0 Å². The topological polar surface area (TPSA) is 71.7 Å². The zero-order chi connectivity index (χ0) is 20.6. The Morgan fingerprint density at radius 2 is 1.97 bits per heavy atom. The molecule has 0 spiro atoms. The van der Waals surface area contributed by atoms with Gasteiger partial charge in [-0.15, -0.1) is 24.0 Å². The van der Waals surface area contributed by atoms with Gasteiger partial charge in [0, 0.05) is 24.2 Å². The van der Waals surface area contributed by atoms with Gasteiger partial charge in [0.15, 0.2) is 5.96 Å². The van der Waals surface area contributed by atoms with Crippen LogP contribution in [0.25, 0.3) is 0 Å². The van der Waals surface area contributed by atoms with Crippen LogP contribution in [-0.4, -0.2) is 30.3 Å². The molecular formula is C23H35IN4O2. The molecule has 1 aliphatic rings. The Morgan fingerprint density at radius 1 is 1.20 bits per heavy atom. The molecule has 0 saturated heterocycles. The second kappa shape index (κ2) is 12.2. The number of guanidine groups is 1. The first kappa shape index (κ1) is 24.5. The van der Waals surface area contributed by atoms with Gasteiger partial charge in [-0.1, -0.05) is 17.3 Å². The predicted molar refractivity (Wildman–Crippen MR) is 132 cm³/mol. The summed E-state index contributed by atoms with van der Waals surface area (Å²) in [5.41, 5.74) is 4.47. The lowest BCUT2D eigenvalue weighted by Crippen LogP contribution is -2.38. The molecule has 1 fully saturated rings. The van der Waals surface area contributed by atoms with Gasteiger partial charge in [-0.3, -0.25) is 0 Å². The maximum Gasteiger partial charge on any atom is 0.191 e. The average molecular weight is 526 g/mol. The Morgan fingerprint density at radius 3 is 2.63 bits per heavy atom. The molecule has 0 amide bonds. The van der Waals surface area contributed by atoms with Crippen molar-refractivity contribution in [3.8, 4) is 5.75 Å². The van der Waals surface area contributed by atoms with Gasteiger partial charge in [-0.2, -0.15) is 0 Å². The van der Waals surface area contributed by atoms with E-state index < -0.39 is 0 Å². The molecule has 0 unspecified atom stereocenters. The van der Waals surface area contributed by atoms with Crippen molar-refractivity contribution in [1.29, 1.82) is 0 Å². The van der Waals surface area contributed by atoms with Crippen LogP contribution in [0.2, 0.25) is 0 Å². The van der Waals surface area contributed by atoms with Crippen LogP contribution in [0, 0.1) is 20.8 Å². The van der Waals surface area contributed by atoms with Gasteiger partial charge in [-0.05, 0) is 71.4 Å². The lowest BCUT2D eigenvalue weighted by atomic mass is 10.1. The Bertz CT molecular complexity index is 809. The Hall–Kier alpha value is -1.77. The van der Waals surface area contributed by atoms with Crippen LogP contribution in [0.3, 0.4) is 0 Å². The number of nitrogens with one attached hydrogen (secondary N) is 2. The molecule has 0 atom stereocenters. The number of hydrogen-bond donors (Lipinski definition) is 2. The van der Waals surface area contributed by atoms with Crippen molar-refractivity contribution in [2.75, 3.05) is 13.1 Å². The van der Waals surface area contributed by atoms with Crippen molar-refractivity contribution in [2.24, 2.45) is 4.99 Å². The number of rotatable bonds is 8. The Labute approximate surface area is 197 Å². The zero-order valence-corrected chi connectivity index (χ0v) is 20.9. The van der Waals surface area contributed by atoms with Crippen LogP contribution in [0.4, 0.5) is 0 Å². The standard InChI is InChI=1S/C23H34N4O2.HI/c1-5-24-23(25-13-12-21-17(3)27-29-18(21)4)26-15-19-11-10-16(2)14-22(19)28-20-8-6-7-9-20;/h10-11,14,20H,5-9,12-13,15H2,1-4H3,(H2,24,25,26);1H. The van der Waals surface area contributed by atoms with Gasteiger partial charge >= 0.3 is 0 Å². The fourth-order valence-electron chi connectivity index (χ4n) is 3.76. The zero-order valence-electron chi connectivity index (χ0n) is 18.6. The first-order valence-corrected chi connectivity index (χ1v) is 10.8. The molecule has 1 saturated carbocycles. The molecule has 2 N–H and O–H groups in total. The van der Waals surface area contributed by atoms with Crippen molar-refractivity contribution in [3.63, 3.8) is 0 Å². The first-order valence-electron chi connectivity index (χ1n) is 10.8. The maximum atomic E-state index is 6.31. The van der Waals surface area contributed by atoms with E-state index in [1.807, 2.05) is 13.8 Å². The highest BCUT2D eigenvalue weighted by molar-refractivity contribution is 14.0. The molecule has 0 radical (unpaired) electrons. The van der Waals surface area contributed by atoms with Gasteiger partial charge in [0.2, 0.25) is 0 Å². The van der Waals surface area contributed by atoms with Crippen LogP contribution >= 0.6 is 24.0 Å². The smallest absolute Gasteiger partial charge is 0.191 e. The third kappa shape index (κ3) is 6.89. The average Bonchev–Trinajstić information content (AvgIpc) is 3.32. The molecule has 2 aromatic rings. The highest BCUT2D eigenvalue weighted by Crippen LogP contribution is 2.28. The highest BCUT2D eigenvalue weighted by atomic mass is 127. The van der Waals surface area contributed by atoms with Crippen LogP contribution in [0.15, 0.2) is 27.7 Å². The van der Waals surface area contributed by atoms with Gasteiger partial charge < -0.3 is 19.9 Å². The summed E-state index contributed by atoms with van der Waals surface area (Å²) >= 11 is 0. The number of hydrogen-bond acceptors (Lipinski definition) is 4. The monoisotopic (exact) mass is 526 g/mol. The van der Waals surface area contributed by atoms with E-state index in [1.165, 1.54) is 24.0 Å². The molecule has 166 valence electrons. The molecular weight excluding hydrogens is 491 g/mol. The summed E-state index contributed by atoms with van der Waals surface area (Å²) in [6.45, 7) is 10.3. The predicted octanol–water partition coefficient (Wildman–Crippen LogP) is 4.84. The van der Waals surface area contributed by atoms with Crippen molar-refractivity contribution >= 4 is 29.9 Å². The van der Waals surface area contributed by atoms with Crippen LogP contribution in [0.5, 0.6) is 5.75 Å². The van der Waals surface area contributed by atoms with Gasteiger partial charge in [0.1, 0.15) is 11.5 Å². The van der Waals surface area contributed by atoms with Crippen molar-refractivity contribution in [3.05, 3.63) is 46.3 Å². The molecule has 3 rings (SSSR count). The van der Waals surface area contributed by atoms with E-state index in [1.54, 1.807) is 0 Å². The molecule has 1 aromatic heterocycles. The van der Waals surface area contributed by atoms with Gasteiger partial charge in [0.05, 0.1) is 18.3 Å². The number of aryl methyl sites for hydroxylation is 3. The molecule has 0 bridgehead atoms. The second-order valence-corrected chi connectivity index (χ2v) is 7.81. The number of aromatic nitrogens is 1. The van der Waals surface area contributed by atoms with E-state index in [0.717, 1.165) is 61.1 Å². The van der Waals surface area contributed by atoms with E-state index in [9.17, 15) is 0 Å². The summed E-state index contributed by atoms with van der Waals surface area (Å²) in [6.07, 6.45) is 6.05. The number of halogens is 1. The molecule has 1 aromatic carbocycles. The van der Waals surface area contributed by atoms with Crippen LogP contribution in [0.1, 0.15) is 60.8 Å². The summed E-state index contributed by atoms with van der Waals surface area (Å²) in [5, 5.41) is 10.8. The van der Waals surface area contributed by atoms with Gasteiger partial charge in [-0.25, -0.2) is 4.99 Å². The summed E-state index contributed by atoms with van der Waals surface area (Å²) in [6, 6.07) is 6.40. The summed E-state index contributed by atoms with van der Waals surface area (Å²) < 4.78 is 11.6. The largest absolute Gasteiger partial charge is 0.490 e. The van der Waals surface area contributed by atoms with E-state index in [4.69, 9.17) is 14.3 Å². The third-order valence-electron chi connectivity index (χ3n) is 5.42. The minimum Gasteiger partial charge on any atom is -0.490 e. The van der Waals surface area contributed by atoms with Gasteiger partial charge in [0.25, 0.3) is 0 Å². The minimum absolute atomic E-state index is 0. The van der Waals surface area contributed by atoms with E-state index in [-0.39, 0.29) is 24.0 Å². The first-order chi connectivity index (χ1) is 14.1. The summed E-state index contributed by atoms with van der Waals surface area (Å²) in [5.74, 6) is 2.68. The second-order valence-electron chi connectivity index (χ2n) is 7.81. The molecule has 0 aliphatic heterocycles. The fourth-order valence-corrected chi connectivity index (χ4v) is 3.76. The lowest BCUT2D eigenvalue weighted by Gasteiger charge is -2.17. The Kier molecular flexibility index (Phi) is 9.94. The van der Waals surface area contributed by atoms with Crippen molar-refractivity contribution in [1.82, 2.24) is 15.8 Å². The van der Waals surface area contributed by atoms with E-state index in [2.05, 4.69) is 47.8 Å². The maximum absolute atomic E-state index is 6.31. The number of nitrogens with zero attached hydrogens (tertiary/aromatic N) is 2. The van der Waals surface area contributed by atoms with Crippen molar-refractivity contribution in [2.45, 2.75) is 72.4 Å².